The number of amides is 3. The van der Waals surface area contributed by atoms with Crippen molar-refractivity contribution in [3.05, 3.63) is 0 Å². The van der Waals surface area contributed by atoms with Crippen LogP contribution in [0.15, 0.2) is 0 Å². The summed E-state index contributed by atoms with van der Waals surface area (Å²) in [6.07, 6.45) is 1.21. The van der Waals surface area contributed by atoms with Crippen LogP contribution in [-0.4, -0.2) is 59.6 Å². The molecule has 0 spiro atoms. The lowest BCUT2D eigenvalue weighted by atomic mass is 9.79. The second-order valence-electron chi connectivity index (χ2n) is 11.7. The number of carbonyl (C=O) groups is 5. The summed E-state index contributed by atoms with van der Waals surface area (Å²) < 4.78 is 10.8. The van der Waals surface area contributed by atoms with E-state index in [1.54, 1.807) is 13.8 Å². The minimum Gasteiger partial charge on any atom is -0.469 e. The highest BCUT2D eigenvalue weighted by Gasteiger charge is 2.39. The molecule has 10 nitrogen and oxygen atoms in total. The van der Waals surface area contributed by atoms with Crippen molar-refractivity contribution >= 4 is 29.7 Å². The average Bonchev–Trinajstić information content (AvgIpc) is 3.02. The molecule has 0 aliphatic carbocycles. The van der Waals surface area contributed by atoms with Crippen molar-refractivity contribution in [3.63, 3.8) is 0 Å². The Kier molecular flexibility index (Phi) is 10.0. The Morgan fingerprint density at radius 3 is 1.94 bits per heavy atom. The fraction of sp³-hybridized carbons (Fsp3) is 0.800. The number of ether oxygens (including phenoxy) is 2. The van der Waals surface area contributed by atoms with Gasteiger partial charge in [0.1, 0.15) is 0 Å². The van der Waals surface area contributed by atoms with E-state index in [2.05, 4.69) is 5.32 Å². The Hall–Kier alpha value is -2.49. The third kappa shape index (κ3) is 9.58. The van der Waals surface area contributed by atoms with E-state index >= 15 is 0 Å². The van der Waals surface area contributed by atoms with Gasteiger partial charge < -0.3 is 19.6 Å². The molecule has 3 amide bonds. The number of methoxy groups -OCH3 is 1. The lowest BCUT2D eigenvalue weighted by Gasteiger charge is -2.37. The Labute approximate surface area is 208 Å². The summed E-state index contributed by atoms with van der Waals surface area (Å²) in [7, 11) is 1.35. The maximum absolute atomic E-state index is 13.0. The van der Waals surface area contributed by atoms with Gasteiger partial charge in [-0.15, -0.1) is 5.06 Å². The number of hydrogen-bond acceptors (Lipinski definition) is 8. The van der Waals surface area contributed by atoms with Gasteiger partial charge in [-0.25, -0.2) is 4.79 Å². The number of hydrogen-bond donors (Lipinski definition) is 1. The van der Waals surface area contributed by atoms with Gasteiger partial charge in [-0.1, -0.05) is 13.8 Å². The molecule has 1 heterocycles. The van der Waals surface area contributed by atoms with Crippen LogP contribution in [0.1, 0.15) is 93.9 Å². The highest BCUT2D eigenvalue weighted by atomic mass is 16.7. The first-order valence-corrected chi connectivity index (χ1v) is 11.9. The molecule has 1 aliphatic heterocycles. The van der Waals surface area contributed by atoms with Crippen molar-refractivity contribution < 1.29 is 38.3 Å². The number of esters is 1. The average molecular weight is 499 g/mol. The van der Waals surface area contributed by atoms with E-state index in [9.17, 15) is 24.0 Å². The van der Waals surface area contributed by atoms with E-state index in [0.29, 0.717) is 24.3 Å². The minimum atomic E-state index is -0.751. The van der Waals surface area contributed by atoms with Crippen LogP contribution in [0.25, 0.3) is 0 Å². The Morgan fingerprint density at radius 1 is 0.886 bits per heavy atom. The van der Waals surface area contributed by atoms with Gasteiger partial charge >= 0.3 is 11.9 Å². The van der Waals surface area contributed by atoms with Crippen LogP contribution in [0.2, 0.25) is 0 Å². The first kappa shape index (κ1) is 30.5. The third-order valence-electron chi connectivity index (χ3n) is 6.04. The van der Waals surface area contributed by atoms with Crippen LogP contribution >= 0.6 is 0 Å². The molecular weight excluding hydrogens is 456 g/mol. The fourth-order valence-electron chi connectivity index (χ4n) is 3.95. The monoisotopic (exact) mass is 498 g/mol. The van der Waals surface area contributed by atoms with Crippen molar-refractivity contribution in [1.29, 1.82) is 0 Å². The topological polar surface area (TPSA) is 128 Å². The standard InChI is InChI=1S/C25H42N2O8/c1-22(2,20(31)26-24(5,6)16-23(3,4)21(32)33-9)14-15-34-25(7,8)13-12-19(30)35-27-17(28)10-11-18(27)29/h10-16H2,1-9H3,(H,26,31). The molecule has 1 fully saturated rings. The van der Waals surface area contributed by atoms with Gasteiger partial charge in [-0.05, 0) is 60.8 Å². The smallest absolute Gasteiger partial charge is 0.333 e. The Balaban J connectivity index is 2.53. The zero-order valence-corrected chi connectivity index (χ0v) is 22.7. The van der Waals surface area contributed by atoms with Gasteiger partial charge in [0, 0.05) is 30.4 Å². The van der Waals surface area contributed by atoms with Crippen molar-refractivity contribution in [3.8, 4) is 0 Å². The number of rotatable bonds is 13. The summed E-state index contributed by atoms with van der Waals surface area (Å²) in [4.78, 5) is 65.1. The largest absolute Gasteiger partial charge is 0.469 e. The number of nitrogens with one attached hydrogen (secondary N) is 1. The van der Waals surface area contributed by atoms with Gasteiger partial charge in [-0.2, -0.15) is 0 Å². The first-order chi connectivity index (χ1) is 15.8. The van der Waals surface area contributed by atoms with Crippen LogP contribution in [-0.2, 0) is 38.3 Å². The highest BCUT2D eigenvalue weighted by molar-refractivity contribution is 6.01. The van der Waals surface area contributed by atoms with Crippen LogP contribution < -0.4 is 5.32 Å². The van der Waals surface area contributed by atoms with Gasteiger partial charge in [0.15, 0.2) is 0 Å². The number of nitrogens with zero attached hydrogens (tertiary/aromatic N) is 1. The van der Waals surface area contributed by atoms with Gasteiger partial charge in [0.2, 0.25) is 5.91 Å². The van der Waals surface area contributed by atoms with Gasteiger partial charge in [-0.3, -0.25) is 19.2 Å². The molecule has 0 aromatic heterocycles. The second kappa shape index (κ2) is 11.5. The SMILES string of the molecule is COC(=O)C(C)(C)CC(C)(C)NC(=O)C(C)(C)CCOC(C)(C)CCC(=O)ON1C(=O)CCC1=O. The molecule has 0 aromatic rings. The summed E-state index contributed by atoms with van der Waals surface area (Å²) in [5.41, 5.74) is -2.81. The van der Waals surface area contributed by atoms with E-state index in [4.69, 9.17) is 14.3 Å². The molecule has 0 aromatic carbocycles. The van der Waals surface area contributed by atoms with Crippen molar-refractivity contribution in [2.24, 2.45) is 10.8 Å². The highest BCUT2D eigenvalue weighted by Crippen LogP contribution is 2.31. The second-order valence-corrected chi connectivity index (χ2v) is 11.7. The molecule has 1 N–H and O–H groups in total. The van der Waals surface area contributed by atoms with E-state index in [-0.39, 0.29) is 37.7 Å². The third-order valence-corrected chi connectivity index (χ3v) is 6.04. The molecule has 1 aliphatic rings. The molecule has 10 heteroatoms. The zero-order valence-electron chi connectivity index (χ0n) is 22.7. The minimum absolute atomic E-state index is 0.0297. The van der Waals surface area contributed by atoms with Crippen LogP contribution in [0.5, 0.6) is 0 Å². The number of carbonyl (C=O) groups excluding carboxylic acids is 5. The van der Waals surface area contributed by atoms with Crippen LogP contribution in [0.4, 0.5) is 0 Å². The molecule has 0 unspecified atom stereocenters. The quantitative estimate of drug-likeness (QED) is 0.303. The molecule has 35 heavy (non-hydrogen) atoms. The zero-order chi connectivity index (χ0) is 27.2. The van der Waals surface area contributed by atoms with E-state index < -0.39 is 39.8 Å². The fourth-order valence-corrected chi connectivity index (χ4v) is 3.95. The van der Waals surface area contributed by atoms with E-state index in [1.807, 2.05) is 41.5 Å². The first-order valence-electron chi connectivity index (χ1n) is 11.9. The molecule has 0 atom stereocenters. The number of hydroxylamine groups is 2. The van der Waals surface area contributed by atoms with Crippen molar-refractivity contribution in [2.45, 2.75) is 105 Å². The lowest BCUT2D eigenvalue weighted by molar-refractivity contribution is -0.198. The summed E-state index contributed by atoms with van der Waals surface area (Å²) in [6.45, 7) is 14.9. The normalized spacial score (nSPS) is 15.3. The maximum Gasteiger partial charge on any atom is 0.333 e. The Bertz CT molecular complexity index is 813. The van der Waals surface area contributed by atoms with E-state index in [0.717, 1.165) is 0 Å². The molecule has 200 valence electrons. The molecule has 0 bridgehead atoms. The molecule has 0 saturated carbocycles. The predicted molar refractivity (Wildman–Crippen MR) is 127 cm³/mol. The molecule has 1 rings (SSSR count). The summed E-state index contributed by atoms with van der Waals surface area (Å²) >= 11 is 0. The predicted octanol–water partition coefficient (Wildman–Crippen LogP) is 3.07. The summed E-state index contributed by atoms with van der Waals surface area (Å²) in [6, 6.07) is 0. The molecule has 1 saturated heterocycles. The van der Waals surface area contributed by atoms with E-state index in [1.165, 1.54) is 7.11 Å². The molecule has 0 radical (unpaired) electrons. The molecular formula is C25H42N2O8. The van der Waals surface area contributed by atoms with Crippen molar-refractivity contribution in [2.75, 3.05) is 13.7 Å². The maximum atomic E-state index is 13.0. The van der Waals surface area contributed by atoms with Crippen molar-refractivity contribution in [1.82, 2.24) is 10.4 Å². The summed E-state index contributed by atoms with van der Waals surface area (Å²) in [5, 5.41) is 3.57. The van der Waals surface area contributed by atoms with Crippen LogP contribution in [0.3, 0.4) is 0 Å². The summed E-state index contributed by atoms with van der Waals surface area (Å²) in [5.74, 6) is -2.21. The van der Waals surface area contributed by atoms with Crippen LogP contribution in [0, 0.1) is 10.8 Å². The van der Waals surface area contributed by atoms with Gasteiger partial charge in [0.05, 0.1) is 24.5 Å². The lowest BCUT2D eigenvalue weighted by Crippen LogP contribution is -2.52. The Morgan fingerprint density at radius 2 is 1.43 bits per heavy atom. The van der Waals surface area contributed by atoms with Gasteiger partial charge in [0.25, 0.3) is 11.8 Å². The number of imide groups is 1.